The van der Waals surface area contributed by atoms with Crippen molar-refractivity contribution in [2.45, 2.75) is 19.9 Å². The van der Waals surface area contributed by atoms with E-state index in [1.807, 2.05) is 12.4 Å². The first kappa shape index (κ1) is 15.4. The molecule has 3 heterocycles. The Morgan fingerprint density at radius 3 is 2.58 bits per heavy atom. The lowest BCUT2D eigenvalue weighted by Crippen LogP contribution is -2.37. The van der Waals surface area contributed by atoms with Crippen molar-refractivity contribution < 1.29 is 4.74 Å². The maximum absolute atomic E-state index is 5.45. The van der Waals surface area contributed by atoms with Crippen molar-refractivity contribution in [1.82, 2.24) is 14.3 Å². The Labute approximate surface area is 142 Å². The molecule has 1 saturated heterocycles. The maximum Gasteiger partial charge on any atom is 0.139 e. The number of aryl methyl sites for hydroxylation is 1. The monoisotopic (exact) mass is 321 g/mol. The van der Waals surface area contributed by atoms with Crippen LogP contribution in [-0.2, 0) is 4.74 Å². The molecule has 0 unspecified atom stereocenters. The second-order valence-electron chi connectivity index (χ2n) is 6.52. The highest BCUT2D eigenvalue weighted by molar-refractivity contribution is 5.67. The summed E-state index contributed by atoms with van der Waals surface area (Å²) in [4.78, 5) is 6.88. The molecule has 1 aliphatic heterocycles. The summed E-state index contributed by atoms with van der Waals surface area (Å²) < 4.78 is 7.55. The molecule has 124 valence electrons. The number of pyridine rings is 1. The Morgan fingerprint density at radius 2 is 1.83 bits per heavy atom. The molecule has 1 aromatic carbocycles. The molecular weight excluding hydrogens is 298 g/mol. The molecule has 2 aromatic heterocycles. The Morgan fingerprint density at radius 1 is 1.08 bits per heavy atom. The average molecular weight is 321 g/mol. The van der Waals surface area contributed by atoms with E-state index in [0.29, 0.717) is 6.04 Å². The minimum Gasteiger partial charge on any atom is -0.379 e. The third kappa shape index (κ3) is 2.83. The first-order chi connectivity index (χ1) is 11.7. The average Bonchev–Trinajstić information content (AvgIpc) is 3.11. The first-order valence-corrected chi connectivity index (χ1v) is 8.58. The number of ether oxygens (including phenoxy) is 1. The summed E-state index contributed by atoms with van der Waals surface area (Å²) in [6.45, 7) is 8.10. The number of morpholine rings is 1. The summed E-state index contributed by atoms with van der Waals surface area (Å²) >= 11 is 0. The minimum absolute atomic E-state index is 0.431. The van der Waals surface area contributed by atoms with Crippen LogP contribution in [0.1, 0.15) is 24.1 Å². The van der Waals surface area contributed by atoms with Gasteiger partial charge >= 0.3 is 0 Å². The molecule has 0 aliphatic carbocycles. The van der Waals surface area contributed by atoms with Crippen molar-refractivity contribution in [3.8, 4) is 11.1 Å². The van der Waals surface area contributed by atoms with Crippen LogP contribution in [-0.4, -0.2) is 40.6 Å². The number of nitrogens with zero attached hydrogens (tertiary/aromatic N) is 3. The smallest absolute Gasteiger partial charge is 0.139 e. The van der Waals surface area contributed by atoms with Gasteiger partial charge < -0.3 is 9.14 Å². The fraction of sp³-hybridized carbons (Fsp3) is 0.350. The van der Waals surface area contributed by atoms with E-state index in [9.17, 15) is 0 Å². The number of aromatic nitrogens is 2. The molecule has 0 bridgehead atoms. The number of rotatable bonds is 3. The molecule has 4 rings (SSSR count). The van der Waals surface area contributed by atoms with Gasteiger partial charge in [0.1, 0.15) is 5.65 Å². The van der Waals surface area contributed by atoms with E-state index in [2.05, 4.69) is 64.7 Å². The summed E-state index contributed by atoms with van der Waals surface area (Å²) in [5.41, 5.74) is 6.05. The van der Waals surface area contributed by atoms with Gasteiger partial charge in [-0.2, -0.15) is 0 Å². The Bertz CT molecular complexity index is 832. The summed E-state index contributed by atoms with van der Waals surface area (Å²) in [5.74, 6) is 0. The molecule has 0 amide bonds. The van der Waals surface area contributed by atoms with Gasteiger partial charge in [0.2, 0.25) is 0 Å². The molecule has 24 heavy (non-hydrogen) atoms. The Balaban J connectivity index is 1.60. The number of hydrogen-bond acceptors (Lipinski definition) is 3. The second-order valence-corrected chi connectivity index (χ2v) is 6.52. The first-order valence-electron chi connectivity index (χ1n) is 8.58. The van der Waals surface area contributed by atoms with Gasteiger partial charge in [-0.1, -0.05) is 24.3 Å². The molecule has 1 fully saturated rings. The van der Waals surface area contributed by atoms with E-state index >= 15 is 0 Å². The SMILES string of the molecule is Cc1cc(-c2ccc([C@H](C)N3CCOCC3)cc2)cn2ccnc12. The topological polar surface area (TPSA) is 29.8 Å². The lowest BCUT2D eigenvalue weighted by molar-refractivity contribution is 0.0198. The minimum atomic E-state index is 0.431. The van der Waals surface area contributed by atoms with E-state index in [4.69, 9.17) is 4.74 Å². The lowest BCUT2D eigenvalue weighted by atomic mass is 10.0. The van der Waals surface area contributed by atoms with Crippen LogP contribution >= 0.6 is 0 Å². The number of imidazole rings is 1. The Kier molecular flexibility index (Phi) is 4.08. The summed E-state index contributed by atoms with van der Waals surface area (Å²) in [5, 5.41) is 0. The van der Waals surface area contributed by atoms with Crippen molar-refractivity contribution in [2.24, 2.45) is 0 Å². The number of hydrogen-bond donors (Lipinski definition) is 0. The van der Waals surface area contributed by atoms with Crippen molar-refractivity contribution >= 4 is 5.65 Å². The normalized spacial score (nSPS) is 17.2. The zero-order valence-corrected chi connectivity index (χ0v) is 14.3. The predicted octanol–water partition coefficient (Wildman–Crippen LogP) is 3.70. The third-order valence-electron chi connectivity index (χ3n) is 4.99. The lowest BCUT2D eigenvalue weighted by Gasteiger charge is -2.32. The van der Waals surface area contributed by atoms with Gasteiger partial charge in [0, 0.05) is 37.7 Å². The van der Waals surface area contributed by atoms with E-state index in [1.54, 1.807) is 0 Å². The zero-order chi connectivity index (χ0) is 16.5. The predicted molar refractivity (Wildman–Crippen MR) is 96.2 cm³/mol. The second kappa shape index (κ2) is 6.38. The van der Waals surface area contributed by atoms with Crippen LogP contribution in [0.3, 0.4) is 0 Å². The molecule has 1 aliphatic rings. The third-order valence-corrected chi connectivity index (χ3v) is 4.99. The largest absolute Gasteiger partial charge is 0.379 e. The summed E-state index contributed by atoms with van der Waals surface area (Å²) in [7, 11) is 0. The van der Waals surface area contributed by atoms with Crippen LogP contribution in [0.15, 0.2) is 48.9 Å². The maximum atomic E-state index is 5.45. The molecule has 4 heteroatoms. The molecule has 0 radical (unpaired) electrons. The van der Waals surface area contributed by atoms with Gasteiger partial charge in [0.05, 0.1) is 13.2 Å². The fourth-order valence-corrected chi connectivity index (χ4v) is 3.50. The van der Waals surface area contributed by atoms with Gasteiger partial charge in [0.25, 0.3) is 0 Å². The number of benzene rings is 1. The zero-order valence-electron chi connectivity index (χ0n) is 14.3. The van der Waals surface area contributed by atoms with Crippen LogP contribution in [0.5, 0.6) is 0 Å². The van der Waals surface area contributed by atoms with Crippen molar-refractivity contribution in [3.05, 3.63) is 60.0 Å². The molecule has 3 aromatic rings. The van der Waals surface area contributed by atoms with Gasteiger partial charge in [0.15, 0.2) is 0 Å². The van der Waals surface area contributed by atoms with E-state index in [1.165, 1.54) is 22.3 Å². The molecule has 1 atom stereocenters. The summed E-state index contributed by atoms with van der Waals surface area (Å²) in [6.07, 6.45) is 6.00. The number of fused-ring (bicyclic) bond motifs is 1. The molecule has 0 saturated carbocycles. The van der Waals surface area contributed by atoms with Gasteiger partial charge in [-0.15, -0.1) is 0 Å². The summed E-state index contributed by atoms with van der Waals surface area (Å²) in [6, 6.07) is 11.6. The van der Waals surface area contributed by atoms with Crippen LogP contribution in [0, 0.1) is 6.92 Å². The molecule has 0 spiro atoms. The highest BCUT2D eigenvalue weighted by Gasteiger charge is 2.18. The van der Waals surface area contributed by atoms with Crippen molar-refractivity contribution in [2.75, 3.05) is 26.3 Å². The molecule has 0 N–H and O–H groups in total. The quantitative estimate of drug-likeness (QED) is 0.737. The fourth-order valence-electron chi connectivity index (χ4n) is 3.50. The molecular formula is C20H23N3O. The van der Waals surface area contributed by atoms with Gasteiger partial charge in [-0.25, -0.2) is 4.98 Å². The van der Waals surface area contributed by atoms with E-state index < -0.39 is 0 Å². The van der Waals surface area contributed by atoms with Crippen molar-refractivity contribution in [3.63, 3.8) is 0 Å². The van der Waals surface area contributed by atoms with Crippen LogP contribution in [0.4, 0.5) is 0 Å². The highest BCUT2D eigenvalue weighted by Crippen LogP contribution is 2.26. The standard InChI is InChI=1S/C20H23N3O/c1-15-13-19(14-23-8-7-21-20(15)23)18-5-3-17(4-6-18)16(2)22-9-11-24-12-10-22/h3-8,13-14,16H,9-12H2,1-2H3/t16-/m0/s1. The van der Waals surface area contributed by atoms with E-state index in [0.717, 1.165) is 32.0 Å². The molecule has 4 nitrogen and oxygen atoms in total. The van der Waals surface area contributed by atoms with Crippen LogP contribution in [0.2, 0.25) is 0 Å². The van der Waals surface area contributed by atoms with Gasteiger partial charge in [-0.3, -0.25) is 4.90 Å². The van der Waals surface area contributed by atoms with E-state index in [-0.39, 0.29) is 0 Å². The van der Waals surface area contributed by atoms with Crippen molar-refractivity contribution in [1.29, 1.82) is 0 Å². The van der Waals surface area contributed by atoms with Crippen LogP contribution in [0.25, 0.3) is 16.8 Å². The highest BCUT2D eigenvalue weighted by atomic mass is 16.5. The Hall–Kier alpha value is -2.17. The van der Waals surface area contributed by atoms with Crippen LogP contribution < -0.4 is 0 Å². The van der Waals surface area contributed by atoms with Gasteiger partial charge in [-0.05, 0) is 42.2 Å².